The van der Waals surface area contributed by atoms with Crippen LogP contribution in [0.25, 0.3) is 22.2 Å². The Morgan fingerprint density at radius 1 is 1.18 bits per heavy atom. The van der Waals surface area contributed by atoms with E-state index >= 15 is 0 Å². The summed E-state index contributed by atoms with van der Waals surface area (Å²) >= 11 is 0. The number of anilines is 3. The zero-order valence-electron chi connectivity index (χ0n) is 18.7. The van der Waals surface area contributed by atoms with Crippen LogP contribution in [0.5, 0.6) is 5.88 Å². The van der Waals surface area contributed by atoms with E-state index in [0.717, 1.165) is 25.0 Å². The number of fused-ring (bicyclic) bond motifs is 1. The molecule has 0 atom stereocenters. The van der Waals surface area contributed by atoms with Crippen LogP contribution in [0.1, 0.15) is 33.1 Å². The van der Waals surface area contributed by atoms with Crippen molar-refractivity contribution in [3.63, 3.8) is 0 Å². The highest BCUT2D eigenvalue weighted by Crippen LogP contribution is 2.37. The highest BCUT2D eigenvalue weighted by Gasteiger charge is 2.35. The van der Waals surface area contributed by atoms with E-state index in [0.29, 0.717) is 34.5 Å². The van der Waals surface area contributed by atoms with Crippen LogP contribution in [0, 0.1) is 11.6 Å². The second-order valence-corrected chi connectivity index (χ2v) is 8.97. The Labute approximate surface area is 194 Å². The molecule has 1 aliphatic rings. The number of hydrogen-bond acceptors (Lipinski definition) is 5. The van der Waals surface area contributed by atoms with Gasteiger partial charge < -0.3 is 20.3 Å². The van der Waals surface area contributed by atoms with Gasteiger partial charge in [0.2, 0.25) is 5.91 Å². The summed E-state index contributed by atoms with van der Waals surface area (Å²) in [4.78, 5) is 25.8. The third kappa shape index (κ3) is 3.72. The summed E-state index contributed by atoms with van der Waals surface area (Å²) in [6, 6.07) is 8.59. The first-order valence-electron chi connectivity index (χ1n) is 11.0. The number of aromatic amines is 1. The normalized spacial score (nSPS) is 15.6. The molecule has 5 rings (SSSR count). The first-order valence-corrected chi connectivity index (χ1v) is 11.0. The molecule has 4 heterocycles. The Kier molecular flexibility index (Phi) is 5.19. The van der Waals surface area contributed by atoms with E-state index in [4.69, 9.17) is 0 Å². The molecule has 34 heavy (non-hydrogen) atoms. The van der Waals surface area contributed by atoms with Crippen molar-refractivity contribution in [2.45, 2.75) is 38.6 Å². The van der Waals surface area contributed by atoms with Gasteiger partial charge in [-0.25, -0.2) is 18.7 Å². The van der Waals surface area contributed by atoms with Gasteiger partial charge in [-0.15, -0.1) is 0 Å². The van der Waals surface area contributed by atoms with Gasteiger partial charge in [0.1, 0.15) is 17.5 Å². The Hall–Kier alpha value is -4.01. The van der Waals surface area contributed by atoms with Gasteiger partial charge >= 0.3 is 0 Å². The van der Waals surface area contributed by atoms with Crippen molar-refractivity contribution >= 4 is 34.0 Å². The smallest absolute Gasteiger partial charge is 0.227 e. The third-order valence-corrected chi connectivity index (χ3v) is 6.15. The summed E-state index contributed by atoms with van der Waals surface area (Å²) in [7, 11) is 0. The average molecular weight is 463 g/mol. The maximum Gasteiger partial charge on any atom is 0.227 e. The van der Waals surface area contributed by atoms with Gasteiger partial charge in [-0.3, -0.25) is 4.79 Å². The molecule has 1 aromatic carbocycles. The number of pyridine rings is 2. The molecule has 1 amide bonds. The number of halogens is 2. The molecule has 7 nitrogen and oxygen atoms in total. The van der Waals surface area contributed by atoms with Crippen molar-refractivity contribution in [1.29, 1.82) is 0 Å². The number of benzene rings is 1. The van der Waals surface area contributed by atoms with Crippen LogP contribution in [0.3, 0.4) is 0 Å². The number of H-pyrrole nitrogens is 1. The van der Waals surface area contributed by atoms with E-state index < -0.39 is 11.6 Å². The lowest BCUT2D eigenvalue weighted by atomic mass is 9.89. The first-order chi connectivity index (χ1) is 16.2. The van der Waals surface area contributed by atoms with Crippen LogP contribution in [0.2, 0.25) is 0 Å². The molecule has 9 heteroatoms. The van der Waals surface area contributed by atoms with E-state index in [1.165, 1.54) is 18.3 Å². The number of nitrogens with one attached hydrogen (secondary N) is 2. The van der Waals surface area contributed by atoms with Crippen LogP contribution in [0.4, 0.5) is 26.0 Å². The second-order valence-electron chi connectivity index (χ2n) is 8.97. The van der Waals surface area contributed by atoms with Gasteiger partial charge in [0.25, 0.3) is 0 Å². The van der Waals surface area contributed by atoms with E-state index in [1.54, 1.807) is 23.2 Å². The maximum absolute atomic E-state index is 14.4. The van der Waals surface area contributed by atoms with E-state index in [2.05, 4.69) is 20.3 Å². The molecule has 1 saturated heterocycles. The van der Waals surface area contributed by atoms with E-state index in [-0.39, 0.29) is 28.6 Å². The van der Waals surface area contributed by atoms with Gasteiger partial charge in [0.05, 0.1) is 39.7 Å². The number of nitrogens with zero attached hydrogens (tertiary/aromatic N) is 3. The molecule has 0 radical (unpaired) electrons. The standard InChI is InChI=1S/C25H23F2N5O2/c1-25(2)10-4-7-21(33)32(25)14-8-9-20(28-12-14)31-18-11-17(22-15(26)5-3-6-16(22)27)30-19-13-29-24(34)23(18)19/h3,5-6,8-9,11-13,29,34H,4,7,10H2,1-2H3,(H,28,31). The van der Waals surface area contributed by atoms with Gasteiger partial charge in [0.15, 0.2) is 5.88 Å². The summed E-state index contributed by atoms with van der Waals surface area (Å²) in [6.07, 6.45) is 5.33. The molecule has 0 saturated carbocycles. The SMILES string of the molecule is CC1(C)CCCC(=O)N1c1ccc(Nc2cc(-c3c(F)cccc3F)nc3c[nH]c(O)c23)nc1. The molecular formula is C25H23F2N5O2. The largest absolute Gasteiger partial charge is 0.494 e. The minimum atomic E-state index is -0.742. The highest BCUT2D eigenvalue weighted by molar-refractivity contribution is 5.99. The molecule has 3 N–H and O–H groups in total. The number of hydrogen-bond donors (Lipinski definition) is 3. The second kappa shape index (κ2) is 8.09. The van der Waals surface area contributed by atoms with Gasteiger partial charge in [-0.05, 0) is 57.0 Å². The summed E-state index contributed by atoms with van der Waals surface area (Å²) in [6.45, 7) is 4.06. The van der Waals surface area contributed by atoms with Crippen molar-refractivity contribution in [2.24, 2.45) is 0 Å². The minimum absolute atomic E-state index is 0.0587. The highest BCUT2D eigenvalue weighted by atomic mass is 19.1. The minimum Gasteiger partial charge on any atom is -0.494 e. The van der Waals surface area contributed by atoms with Gasteiger partial charge in [-0.1, -0.05) is 6.07 Å². The Morgan fingerprint density at radius 3 is 2.62 bits per heavy atom. The fraction of sp³-hybridized carbons (Fsp3) is 0.240. The molecular weight excluding hydrogens is 440 g/mol. The Bertz CT molecular complexity index is 1380. The lowest BCUT2D eigenvalue weighted by Gasteiger charge is -2.42. The van der Waals surface area contributed by atoms with Crippen molar-refractivity contribution in [2.75, 3.05) is 10.2 Å². The topological polar surface area (TPSA) is 94.1 Å². The molecule has 174 valence electrons. The zero-order valence-corrected chi connectivity index (χ0v) is 18.7. The van der Waals surface area contributed by atoms with Crippen LogP contribution < -0.4 is 10.2 Å². The fourth-order valence-corrected chi connectivity index (χ4v) is 4.55. The Morgan fingerprint density at radius 2 is 1.94 bits per heavy atom. The number of piperidine rings is 1. The molecule has 0 spiro atoms. The lowest BCUT2D eigenvalue weighted by Crippen LogP contribution is -2.51. The average Bonchev–Trinajstić information content (AvgIpc) is 3.15. The fourth-order valence-electron chi connectivity index (χ4n) is 4.55. The lowest BCUT2D eigenvalue weighted by molar-refractivity contribution is -0.121. The number of aromatic nitrogens is 3. The summed E-state index contributed by atoms with van der Waals surface area (Å²) in [5.74, 6) is -1.13. The molecule has 0 aliphatic carbocycles. The molecule has 0 bridgehead atoms. The first kappa shape index (κ1) is 21.8. The van der Waals surface area contributed by atoms with Crippen LogP contribution in [0.15, 0.2) is 48.8 Å². The molecule has 3 aromatic heterocycles. The quantitative estimate of drug-likeness (QED) is 0.364. The maximum atomic E-state index is 14.4. The van der Waals surface area contributed by atoms with Crippen LogP contribution in [-0.2, 0) is 4.79 Å². The number of carbonyl (C=O) groups excluding carboxylic acids is 1. The predicted molar refractivity (Wildman–Crippen MR) is 126 cm³/mol. The van der Waals surface area contributed by atoms with Crippen molar-refractivity contribution in [1.82, 2.24) is 15.0 Å². The summed E-state index contributed by atoms with van der Waals surface area (Å²) in [5, 5.41) is 13.8. The molecule has 1 fully saturated rings. The van der Waals surface area contributed by atoms with Gasteiger partial charge in [-0.2, -0.15) is 0 Å². The van der Waals surface area contributed by atoms with Crippen LogP contribution in [-0.4, -0.2) is 31.5 Å². The number of amides is 1. The Balaban J connectivity index is 1.53. The number of rotatable bonds is 4. The summed E-state index contributed by atoms with van der Waals surface area (Å²) < 4.78 is 28.8. The van der Waals surface area contributed by atoms with Gasteiger partial charge in [0, 0.05) is 18.2 Å². The van der Waals surface area contributed by atoms with Crippen LogP contribution >= 0.6 is 0 Å². The molecule has 0 unspecified atom stereocenters. The van der Waals surface area contributed by atoms with Crippen molar-refractivity contribution in [3.8, 4) is 17.1 Å². The number of aromatic hydroxyl groups is 1. The summed E-state index contributed by atoms with van der Waals surface area (Å²) in [5.41, 5.74) is 0.898. The zero-order chi connectivity index (χ0) is 24.0. The predicted octanol–water partition coefficient (Wildman–Crippen LogP) is 5.65. The molecule has 4 aromatic rings. The van der Waals surface area contributed by atoms with Crippen molar-refractivity contribution in [3.05, 3.63) is 60.4 Å². The molecule has 1 aliphatic heterocycles. The van der Waals surface area contributed by atoms with Crippen molar-refractivity contribution < 1.29 is 18.7 Å². The third-order valence-electron chi connectivity index (χ3n) is 6.15. The monoisotopic (exact) mass is 463 g/mol. The number of carbonyl (C=O) groups is 1. The van der Waals surface area contributed by atoms with E-state index in [9.17, 15) is 18.7 Å². The van der Waals surface area contributed by atoms with E-state index in [1.807, 2.05) is 13.8 Å².